The van der Waals surface area contributed by atoms with Crippen LogP contribution in [0.4, 0.5) is 0 Å². The first-order chi connectivity index (χ1) is 9.19. The predicted molar refractivity (Wildman–Crippen MR) is 72.9 cm³/mol. The molecule has 0 radical (unpaired) electrons. The van der Waals surface area contributed by atoms with E-state index in [4.69, 9.17) is 27.9 Å². The van der Waals surface area contributed by atoms with E-state index in [0.29, 0.717) is 35.9 Å². The van der Waals surface area contributed by atoms with Gasteiger partial charge in [0.15, 0.2) is 11.5 Å². The summed E-state index contributed by atoms with van der Waals surface area (Å²) in [5.41, 5.74) is 0.814. The minimum absolute atomic E-state index is 0.311. The van der Waals surface area contributed by atoms with E-state index in [2.05, 4.69) is 10.2 Å². The molecular formula is C12H13Cl2N3O2. The summed E-state index contributed by atoms with van der Waals surface area (Å²) < 4.78 is 6.67. The summed E-state index contributed by atoms with van der Waals surface area (Å²) in [4.78, 5) is 11.8. The first-order valence-corrected chi connectivity index (χ1v) is 6.87. The molecule has 0 aromatic carbocycles. The van der Waals surface area contributed by atoms with E-state index in [1.807, 2.05) is 0 Å². The van der Waals surface area contributed by atoms with Gasteiger partial charge in [-0.15, -0.1) is 33.4 Å². The van der Waals surface area contributed by atoms with E-state index >= 15 is 0 Å². The van der Waals surface area contributed by atoms with E-state index < -0.39 is 5.97 Å². The lowest BCUT2D eigenvalue weighted by atomic mass is 10.2. The highest BCUT2D eigenvalue weighted by atomic mass is 35.5. The van der Waals surface area contributed by atoms with Crippen molar-refractivity contribution in [3.63, 3.8) is 0 Å². The fraction of sp³-hybridized carbons (Fsp3) is 0.417. The Hall–Kier alpha value is -1.33. The van der Waals surface area contributed by atoms with Crippen LogP contribution in [-0.2, 0) is 4.74 Å². The third-order valence-corrected chi connectivity index (χ3v) is 3.23. The van der Waals surface area contributed by atoms with E-state index in [9.17, 15) is 4.79 Å². The SMILES string of the molecule is CCOC(=O)c1cccn2c(C(Cl)CCCl)nnc12. The number of carbonyl (C=O) groups is 1. The van der Waals surface area contributed by atoms with Gasteiger partial charge in [-0.3, -0.25) is 4.40 Å². The lowest BCUT2D eigenvalue weighted by molar-refractivity contribution is 0.0528. The topological polar surface area (TPSA) is 56.5 Å². The number of hydrogen-bond acceptors (Lipinski definition) is 4. The molecule has 0 fully saturated rings. The molecule has 2 aromatic rings. The molecule has 0 saturated heterocycles. The first kappa shape index (κ1) is 14.1. The number of aromatic nitrogens is 3. The summed E-state index contributed by atoms with van der Waals surface area (Å²) in [5, 5.41) is 7.70. The van der Waals surface area contributed by atoms with Crippen molar-refractivity contribution >= 4 is 34.8 Å². The lowest BCUT2D eigenvalue weighted by Gasteiger charge is -2.06. The summed E-state index contributed by atoms with van der Waals surface area (Å²) >= 11 is 11.9. The van der Waals surface area contributed by atoms with Crippen LogP contribution in [0.2, 0.25) is 0 Å². The fourth-order valence-corrected chi connectivity index (χ4v) is 2.33. The molecule has 7 heteroatoms. The Morgan fingerprint density at radius 2 is 2.32 bits per heavy atom. The Morgan fingerprint density at radius 1 is 1.53 bits per heavy atom. The van der Waals surface area contributed by atoms with Gasteiger partial charge in [-0.05, 0) is 25.5 Å². The average Bonchev–Trinajstić information content (AvgIpc) is 2.82. The molecule has 0 N–H and O–H groups in total. The van der Waals surface area contributed by atoms with E-state index in [0.717, 1.165) is 0 Å². The molecular weight excluding hydrogens is 289 g/mol. The number of nitrogens with zero attached hydrogens (tertiary/aromatic N) is 3. The van der Waals surface area contributed by atoms with Crippen molar-refractivity contribution in [1.29, 1.82) is 0 Å². The van der Waals surface area contributed by atoms with Crippen LogP contribution in [0.25, 0.3) is 5.65 Å². The maximum absolute atomic E-state index is 11.8. The molecule has 0 bridgehead atoms. The van der Waals surface area contributed by atoms with Crippen molar-refractivity contribution in [3.05, 3.63) is 29.7 Å². The van der Waals surface area contributed by atoms with Gasteiger partial charge in [0, 0.05) is 12.1 Å². The first-order valence-electron chi connectivity index (χ1n) is 5.89. The summed E-state index contributed by atoms with van der Waals surface area (Å²) in [7, 11) is 0. The van der Waals surface area contributed by atoms with Gasteiger partial charge in [0.2, 0.25) is 0 Å². The molecule has 2 rings (SSSR count). The Balaban J connectivity index is 2.45. The highest BCUT2D eigenvalue weighted by molar-refractivity contribution is 6.22. The Labute approximate surface area is 120 Å². The molecule has 0 aliphatic carbocycles. The number of pyridine rings is 1. The third-order valence-electron chi connectivity index (χ3n) is 2.60. The number of ether oxygens (including phenoxy) is 1. The highest BCUT2D eigenvalue weighted by Gasteiger charge is 2.19. The van der Waals surface area contributed by atoms with Crippen LogP contribution in [0.5, 0.6) is 0 Å². The average molecular weight is 302 g/mol. The predicted octanol–water partition coefficient (Wildman–Crippen LogP) is 2.81. The Morgan fingerprint density at radius 3 is 3.00 bits per heavy atom. The van der Waals surface area contributed by atoms with Gasteiger partial charge < -0.3 is 4.74 Å². The smallest absolute Gasteiger partial charge is 0.341 e. The van der Waals surface area contributed by atoms with E-state index in [1.54, 1.807) is 29.7 Å². The van der Waals surface area contributed by atoms with Crippen molar-refractivity contribution in [2.24, 2.45) is 0 Å². The number of carbonyl (C=O) groups excluding carboxylic acids is 1. The van der Waals surface area contributed by atoms with Gasteiger partial charge in [0.1, 0.15) is 5.56 Å². The van der Waals surface area contributed by atoms with Crippen molar-refractivity contribution in [3.8, 4) is 0 Å². The van der Waals surface area contributed by atoms with Crippen LogP contribution < -0.4 is 0 Å². The number of fused-ring (bicyclic) bond motifs is 1. The second kappa shape index (κ2) is 6.21. The van der Waals surface area contributed by atoms with Crippen LogP contribution >= 0.6 is 23.2 Å². The second-order valence-electron chi connectivity index (χ2n) is 3.84. The van der Waals surface area contributed by atoms with Crippen LogP contribution in [-0.4, -0.2) is 33.1 Å². The number of halogens is 2. The quantitative estimate of drug-likeness (QED) is 0.629. The highest BCUT2D eigenvalue weighted by Crippen LogP contribution is 2.24. The Kier molecular flexibility index (Phi) is 4.61. The molecule has 0 aliphatic heterocycles. The van der Waals surface area contributed by atoms with Gasteiger partial charge in [0.25, 0.3) is 0 Å². The van der Waals surface area contributed by atoms with Gasteiger partial charge in [-0.1, -0.05) is 0 Å². The number of rotatable bonds is 5. The molecule has 1 atom stereocenters. The van der Waals surface area contributed by atoms with Crippen LogP contribution in [0, 0.1) is 0 Å². The summed E-state index contributed by atoms with van der Waals surface area (Å²) in [6.07, 6.45) is 2.34. The molecule has 0 aliphatic rings. The maximum Gasteiger partial charge on any atom is 0.341 e. The Bertz CT molecular complexity index is 585. The van der Waals surface area contributed by atoms with Crippen LogP contribution in [0.15, 0.2) is 18.3 Å². The largest absolute Gasteiger partial charge is 0.462 e. The van der Waals surface area contributed by atoms with Gasteiger partial charge >= 0.3 is 5.97 Å². The summed E-state index contributed by atoms with van der Waals surface area (Å²) in [5.74, 6) is 0.583. The van der Waals surface area contributed by atoms with Gasteiger partial charge in [-0.2, -0.15) is 0 Å². The van der Waals surface area contributed by atoms with Gasteiger partial charge in [0.05, 0.1) is 12.0 Å². The molecule has 0 saturated carbocycles. The molecule has 1 unspecified atom stereocenters. The number of esters is 1. The second-order valence-corrected chi connectivity index (χ2v) is 4.74. The minimum Gasteiger partial charge on any atom is -0.462 e. The molecule has 102 valence electrons. The van der Waals surface area contributed by atoms with Crippen molar-refractivity contribution in [1.82, 2.24) is 14.6 Å². The summed E-state index contributed by atoms with van der Waals surface area (Å²) in [6, 6.07) is 3.38. The zero-order valence-corrected chi connectivity index (χ0v) is 11.9. The lowest BCUT2D eigenvalue weighted by Crippen LogP contribution is -2.07. The normalized spacial score (nSPS) is 12.6. The molecule has 19 heavy (non-hydrogen) atoms. The molecule has 0 spiro atoms. The van der Waals surface area contributed by atoms with Gasteiger partial charge in [-0.25, -0.2) is 4.79 Å². The van der Waals surface area contributed by atoms with Crippen molar-refractivity contribution in [2.75, 3.05) is 12.5 Å². The standard InChI is InChI=1S/C12H13Cl2N3O2/c1-2-19-12(18)8-4-3-7-17-10(8)15-16-11(17)9(14)5-6-13/h3-4,7,9H,2,5-6H2,1H3. The zero-order chi connectivity index (χ0) is 13.8. The van der Waals surface area contributed by atoms with E-state index in [-0.39, 0.29) is 5.38 Å². The van der Waals surface area contributed by atoms with Crippen molar-refractivity contribution < 1.29 is 9.53 Å². The fourth-order valence-electron chi connectivity index (χ4n) is 1.74. The molecule has 0 amide bonds. The third kappa shape index (κ3) is 2.82. The van der Waals surface area contributed by atoms with Crippen LogP contribution in [0.3, 0.4) is 0 Å². The van der Waals surface area contributed by atoms with Crippen molar-refractivity contribution in [2.45, 2.75) is 18.7 Å². The van der Waals surface area contributed by atoms with Crippen LogP contribution in [0.1, 0.15) is 34.9 Å². The maximum atomic E-state index is 11.8. The zero-order valence-electron chi connectivity index (χ0n) is 10.3. The molecule has 2 heterocycles. The minimum atomic E-state index is -0.421. The monoisotopic (exact) mass is 301 g/mol. The molecule has 5 nitrogen and oxygen atoms in total. The van der Waals surface area contributed by atoms with E-state index in [1.165, 1.54) is 0 Å². The molecule has 2 aromatic heterocycles. The number of hydrogen-bond donors (Lipinski definition) is 0. The summed E-state index contributed by atoms with van der Waals surface area (Å²) in [6.45, 7) is 2.06. The number of alkyl halides is 2.